The van der Waals surface area contributed by atoms with Gasteiger partial charge in [0.15, 0.2) is 0 Å². The Labute approximate surface area is 166 Å². The summed E-state index contributed by atoms with van der Waals surface area (Å²) in [5, 5.41) is 12.4. The fourth-order valence-electron chi connectivity index (χ4n) is 3.44. The highest BCUT2D eigenvalue weighted by atomic mass is 19.1. The van der Waals surface area contributed by atoms with Crippen LogP contribution in [0.4, 0.5) is 10.4 Å². The zero-order valence-corrected chi connectivity index (χ0v) is 15.7. The normalized spacial score (nSPS) is 13.9. The van der Waals surface area contributed by atoms with Gasteiger partial charge < -0.3 is 9.42 Å². The third-order valence-electron chi connectivity index (χ3n) is 5.03. The number of aromatic nitrogens is 5. The van der Waals surface area contributed by atoms with Gasteiger partial charge in [-0.1, -0.05) is 34.6 Å². The minimum atomic E-state index is -0.268. The summed E-state index contributed by atoms with van der Waals surface area (Å²) in [4.78, 5) is 6.63. The van der Waals surface area contributed by atoms with Crippen molar-refractivity contribution in [2.75, 3.05) is 18.0 Å². The smallest absolute Gasteiger partial charge is 0.324 e. The number of nitrogens with zero attached hydrogens (tertiary/aromatic N) is 6. The molecule has 3 heterocycles. The molecule has 0 aliphatic carbocycles. The Bertz CT molecular complexity index is 1100. The van der Waals surface area contributed by atoms with Gasteiger partial charge in [-0.2, -0.15) is 4.98 Å². The van der Waals surface area contributed by atoms with Crippen molar-refractivity contribution in [1.82, 2.24) is 25.1 Å². The van der Waals surface area contributed by atoms with Gasteiger partial charge in [-0.05, 0) is 42.7 Å². The van der Waals surface area contributed by atoms with E-state index >= 15 is 0 Å². The molecule has 29 heavy (non-hydrogen) atoms. The molecule has 5 rings (SSSR count). The Morgan fingerprint density at radius 2 is 1.66 bits per heavy atom. The number of benzene rings is 2. The SMILES string of the molecule is Fc1ccc(-c2cn(Cc3ccc(-c4noc(N5CCCC5)n4)cc3)nn2)cc1. The van der Waals surface area contributed by atoms with E-state index in [4.69, 9.17) is 4.52 Å². The number of hydrogen-bond donors (Lipinski definition) is 0. The highest BCUT2D eigenvalue weighted by Crippen LogP contribution is 2.23. The molecule has 4 aromatic rings. The number of halogens is 1. The van der Waals surface area contributed by atoms with Gasteiger partial charge in [0.1, 0.15) is 11.5 Å². The van der Waals surface area contributed by atoms with Gasteiger partial charge in [-0.25, -0.2) is 9.07 Å². The van der Waals surface area contributed by atoms with Gasteiger partial charge in [-0.3, -0.25) is 0 Å². The highest BCUT2D eigenvalue weighted by molar-refractivity contribution is 5.58. The topological polar surface area (TPSA) is 72.9 Å². The van der Waals surface area contributed by atoms with Crippen molar-refractivity contribution < 1.29 is 8.91 Å². The van der Waals surface area contributed by atoms with Crippen molar-refractivity contribution in [3.8, 4) is 22.6 Å². The molecule has 1 aliphatic heterocycles. The molecule has 1 fully saturated rings. The molecule has 8 heteroatoms. The lowest BCUT2D eigenvalue weighted by Crippen LogP contribution is -2.17. The van der Waals surface area contributed by atoms with E-state index < -0.39 is 0 Å². The maximum absolute atomic E-state index is 13.1. The predicted molar refractivity (Wildman–Crippen MR) is 106 cm³/mol. The lowest BCUT2D eigenvalue weighted by molar-refractivity contribution is 0.419. The monoisotopic (exact) mass is 390 g/mol. The first-order chi connectivity index (χ1) is 14.2. The Balaban J connectivity index is 1.28. The lowest BCUT2D eigenvalue weighted by atomic mass is 10.1. The summed E-state index contributed by atoms with van der Waals surface area (Å²) < 4.78 is 20.2. The van der Waals surface area contributed by atoms with E-state index in [-0.39, 0.29) is 5.82 Å². The molecule has 0 unspecified atom stereocenters. The van der Waals surface area contributed by atoms with Crippen LogP contribution in [0, 0.1) is 5.82 Å². The van der Waals surface area contributed by atoms with E-state index in [1.54, 1.807) is 16.8 Å². The molecule has 0 N–H and O–H groups in total. The highest BCUT2D eigenvalue weighted by Gasteiger charge is 2.19. The van der Waals surface area contributed by atoms with Crippen LogP contribution in [0.2, 0.25) is 0 Å². The first kappa shape index (κ1) is 17.5. The van der Waals surface area contributed by atoms with Crippen molar-refractivity contribution in [1.29, 1.82) is 0 Å². The van der Waals surface area contributed by atoms with Crippen molar-refractivity contribution in [3.05, 3.63) is 66.1 Å². The number of hydrogen-bond acceptors (Lipinski definition) is 6. The van der Waals surface area contributed by atoms with Gasteiger partial charge in [-0.15, -0.1) is 5.10 Å². The second-order valence-corrected chi connectivity index (χ2v) is 7.10. The molecule has 1 aliphatic rings. The Morgan fingerprint density at radius 3 is 2.41 bits per heavy atom. The number of rotatable bonds is 5. The van der Waals surface area contributed by atoms with E-state index in [0.29, 0.717) is 24.1 Å². The molecule has 0 atom stereocenters. The third-order valence-corrected chi connectivity index (χ3v) is 5.03. The van der Waals surface area contributed by atoms with E-state index in [1.807, 2.05) is 30.5 Å². The molecule has 2 aromatic heterocycles. The molecule has 0 amide bonds. The van der Waals surface area contributed by atoms with Gasteiger partial charge in [0.2, 0.25) is 5.82 Å². The molecule has 0 spiro atoms. The van der Waals surface area contributed by atoms with E-state index in [1.165, 1.54) is 12.1 Å². The maximum atomic E-state index is 13.1. The van der Waals surface area contributed by atoms with Crippen molar-refractivity contribution in [2.24, 2.45) is 0 Å². The molecule has 7 nitrogen and oxygen atoms in total. The summed E-state index contributed by atoms with van der Waals surface area (Å²) >= 11 is 0. The largest absolute Gasteiger partial charge is 0.324 e. The summed E-state index contributed by atoms with van der Waals surface area (Å²) in [6.07, 6.45) is 4.18. The lowest BCUT2D eigenvalue weighted by Gasteiger charge is -2.09. The van der Waals surface area contributed by atoms with Crippen LogP contribution < -0.4 is 4.90 Å². The minimum absolute atomic E-state index is 0.268. The quantitative estimate of drug-likeness (QED) is 0.516. The molecule has 0 radical (unpaired) electrons. The zero-order chi connectivity index (χ0) is 19.6. The molecule has 146 valence electrons. The van der Waals surface area contributed by atoms with Crippen LogP contribution in [-0.4, -0.2) is 38.2 Å². The van der Waals surface area contributed by atoms with Crippen LogP contribution in [0.3, 0.4) is 0 Å². The Hall–Kier alpha value is -3.55. The average molecular weight is 390 g/mol. The summed E-state index contributed by atoms with van der Waals surface area (Å²) in [7, 11) is 0. The second kappa shape index (κ2) is 7.46. The Kier molecular flexibility index (Phi) is 4.51. The molecule has 0 bridgehead atoms. The fourth-order valence-corrected chi connectivity index (χ4v) is 3.44. The standard InChI is InChI=1S/C21H19FN6O/c22-18-9-7-16(8-10-18)19-14-28(26-24-19)13-15-3-5-17(6-4-15)20-23-21(29-25-20)27-11-1-2-12-27/h3-10,14H,1-2,11-13H2. The predicted octanol–water partition coefficient (Wildman–Crippen LogP) is 3.78. The maximum Gasteiger partial charge on any atom is 0.324 e. The van der Waals surface area contributed by atoms with Gasteiger partial charge in [0.05, 0.1) is 12.7 Å². The van der Waals surface area contributed by atoms with Crippen LogP contribution in [0.15, 0.2) is 59.3 Å². The van der Waals surface area contributed by atoms with Crippen molar-refractivity contribution >= 4 is 6.01 Å². The van der Waals surface area contributed by atoms with Crippen LogP contribution in [0.5, 0.6) is 0 Å². The molecule has 0 saturated carbocycles. The summed E-state index contributed by atoms with van der Waals surface area (Å²) in [5.41, 5.74) is 3.53. The molecule has 1 saturated heterocycles. The minimum Gasteiger partial charge on any atom is -0.324 e. The van der Waals surface area contributed by atoms with Crippen molar-refractivity contribution in [3.63, 3.8) is 0 Å². The van der Waals surface area contributed by atoms with Crippen LogP contribution in [0.25, 0.3) is 22.6 Å². The summed E-state index contributed by atoms with van der Waals surface area (Å²) in [6.45, 7) is 2.52. The first-order valence-corrected chi connectivity index (χ1v) is 9.59. The first-order valence-electron chi connectivity index (χ1n) is 9.59. The summed E-state index contributed by atoms with van der Waals surface area (Å²) in [6, 6.07) is 14.8. The molecule has 2 aromatic carbocycles. The van der Waals surface area contributed by atoms with E-state index in [9.17, 15) is 4.39 Å². The average Bonchev–Trinajstić information content (AvgIpc) is 3.50. The second-order valence-electron chi connectivity index (χ2n) is 7.10. The van der Waals surface area contributed by atoms with Crippen LogP contribution in [-0.2, 0) is 6.54 Å². The van der Waals surface area contributed by atoms with Crippen LogP contribution >= 0.6 is 0 Å². The van der Waals surface area contributed by atoms with Gasteiger partial charge >= 0.3 is 6.01 Å². The van der Waals surface area contributed by atoms with E-state index in [0.717, 1.165) is 42.6 Å². The third kappa shape index (κ3) is 3.73. The van der Waals surface area contributed by atoms with Gasteiger partial charge in [0.25, 0.3) is 0 Å². The Morgan fingerprint density at radius 1 is 0.931 bits per heavy atom. The molecular formula is C21H19FN6O. The molecular weight excluding hydrogens is 371 g/mol. The van der Waals surface area contributed by atoms with Crippen LogP contribution in [0.1, 0.15) is 18.4 Å². The zero-order valence-electron chi connectivity index (χ0n) is 15.7. The summed E-state index contributed by atoms with van der Waals surface area (Å²) in [5.74, 6) is 0.327. The van der Waals surface area contributed by atoms with Crippen molar-refractivity contribution in [2.45, 2.75) is 19.4 Å². The fraction of sp³-hybridized carbons (Fsp3) is 0.238. The number of anilines is 1. The van der Waals surface area contributed by atoms with E-state index in [2.05, 4.69) is 25.4 Å². The van der Waals surface area contributed by atoms with Gasteiger partial charge in [0, 0.05) is 24.2 Å².